The highest BCUT2D eigenvalue weighted by molar-refractivity contribution is 5.83. The number of aromatic nitrogens is 1. The predicted octanol–water partition coefficient (Wildman–Crippen LogP) is 2.19. The van der Waals surface area contributed by atoms with Crippen LogP contribution in [-0.2, 0) is 4.79 Å². The first-order chi connectivity index (χ1) is 8.87. The lowest BCUT2D eigenvalue weighted by atomic mass is 10.0. The summed E-state index contributed by atoms with van der Waals surface area (Å²) in [6.07, 6.45) is -0.0398. The zero-order chi connectivity index (χ0) is 14.0. The SMILES string of the molecule is CC(C)(CC(=O)O)Nc1cc2ccccc2c(=O)[nH]1. The fraction of sp³-hybridized carbons (Fsp3) is 0.286. The number of carboxylic acid groups (broad SMARTS) is 1. The summed E-state index contributed by atoms with van der Waals surface area (Å²) < 4.78 is 0. The zero-order valence-corrected chi connectivity index (χ0v) is 10.9. The van der Waals surface area contributed by atoms with E-state index in [1.165, 1.54) is 0 Å². The number of anilines is 1. The van der Waals surface area contributed by atoms with Gasteiger partial charge in [-0.2, -0.15) is 0 Å². The molecule has 2 rings (SSSR count). The van der Waals surface area contributed by atoms with Gasteiger partial charge >= 0.3 is 5.97 Å². The van der Waals surface area contributed by atoms with Gasteiger partial charge in [-0.15, -0.1) is 0 Å². The maximum absolute atomic E-state index is 11.9. The third-order valence-corrected chi connectivity index (χ3v) is 2.82. The minimum atomic E-state index is -0.888. The Labute approximate surface area is 110 Å². The number of nitrogens with one attached hydrogen (secondary N) is 2. The molecular weight excluding hydrogens is 244 g/mol. The fourth-order valence-corrected chi connectivity index (χ4v) is 2.07. The summed E-state index contributed by atoms with van der Waals surface area (Å²) in [5.74, 6) is -0.365. The number of carboxylic acids is 1. The Morgan fingerprint density at radius 1 is 1.37 bits per heavy atom. The maximum atomic E-state index is 11.9. The molecule has 0 saturated carbocycles. The Balaban J connectivity index is 2.36. The summed E-state index contributed by atoms with van der Waals surface area (Å²) in [5, 5.41) is 13.3. The van der Waals surface area contributed by atoms with Gasteiger partial charge in [0.2, 0.25) is 0 Å². The molecule has 0 fully saturated rings. The van der Waals surface area contributed by atoms with Crippen LogP contribution in [0.2, 0.25) is 0 Å². The summed E-state index contributed by atoms with van der Waals surface area (Å²) in [4.78, 5) is 25.4. The van der Waals surface area contributed by atoms with Gasteiger partial charge in [0.1, 0.15) is 5.82 Å². The van der Waals surface area contributed by atoms with Gasteiger partial charge in [0, 0.05) is 10.9 Å². The minimum absolute atomic E-state index is 0.0398. The standard InChI is InChI=1S/C14H16N2O3/c1-14(2,8-12(17)18)16-11-7-9-5-3-4-6-10(9)13(19)15-11/h3-7H,8H2,1-2H3,(H,17,18)(H2,15,16,19). The van der Waals surface area contributed by atoms with Gasteiger partial charge in [0.25, 0.3) is 5.56 Å². The number of fused-ring (bicyclic) bond motifs is 1. The van der Waals surface area contributed by atoms with Crippen molar-refractivity contribution in [3.05, 3.63) is 40.7 Å². The van der Waals surface area contributed by atoms with Gasteiger partial charge in [-0.1, -0.05) is 18.2 Å². The van der Waals surface area contributed by atoms with E-state index in [1.807, 2.05) is 12.1 Å². The van der Waals surface area contributed by atoms with Gasteiger partial charge in [-0.25, -0.2) is 0 Å². The highest BCUT2D eigenvalue weighted by atomic mass is 16.4. The molecular formula is C14H16N2O3. The monoisotopic (exact) mass is 260 g/mol. The molecule has 0 radical (unpaired) electrons. The van der Waals surface area contributed by atoms with Crippen LogP contribution in [0.4, 0.5) is 5.82 Å². The number of H-pyrrole nitrogens is 1. The number of hydrogen-bond donors (Lipinski definition) is 3. The lowest BCUT2D eigenvalue weighted by Crippen LogP contribution is -2.34. The highest BCUT2D eigenvalue weighted by Gasteiger charge is 2.21. The van der Waals surface area contributed by atoms with Crippen LogP contribution in [0.5, 0.6) is 0 Å². The van der Waals surface area contributed by atoms with E-state index in [0.29, 0.717) is 11.2 Å². The molecule has 1 aromatic heterocycles. The summed E-state index contributed by atoms with van der Waals surface area (Å²) in [6, 6.07) is 9.06. The van der Waals surface area contributed by atoms with Crippen molar-refractivity contribution in [2.24, 2.45) is 0 Å². The number of benzene rings is 1. The van der Waals surface area contributed by atoms with Crippen molar-refractivity contribution in [2.45, 2.75) is 25.8 Å². The number of pyridine rings is 1. The van der Waals surface area contributed by atoms with E-state index in [4.69, 9.17) is 5.11 Å². The average Bonchev–Trinajstić information content (AvgIpc) is 2.26. The number of carbonyl (C=O) groups is 1. The molecule has 0 aliphatic rings. The van der Waals surface area contributed by atoms with Crippen molar-refractivity contribution < 1.29 is 9.90 Å². The minimum Gasteiger partial charge on any atom is -0.481 e. The largest absolute Gasteiger partial charge is 0.481 e. The molecule has 0 saturated heterocycles. The molecule has 3 N–H and O–H groups in total. The van der Waals surface area contributed by atoms with Crippen molar-refractivity contribution in [1.82, 2.24) is 4.98 Å². The second-order valence-corrected chi connectivity index (χ2v) is 5.18. The maximum Gasteiger partial charge on any atom is 0.305 e. The van der Waals surface area contributed by atoms with Crippen molar-refractivity contribution >= 4 is 22.6 Å². The molecule has 0 aliphatic heterocycles. The third-order valence-electron chi connectivity index (χ3n) is 2.82. The van der Waals surface area contributed by atoms with Gasteiger partial charge < -0.3 is 15.4 Å². The topological polar surface area (TPSA) is 82.2 Å². The molecule has 0 bridgehead atoms. The molecule has 2 aromatic rings. The van der Waals surface area contributed by atoms with Crippen molar-refractivity contribution in [3.8, 4) is 0 Å². The fourth-order valence-electron chi connectivity index (χ4n) is 2.07. The first-order valence-electron chi connectivity index (χ1n) is 5.99. The lowest BCUT2D eigenvalue weighted by molar-refractivity contribution is -0.137. The molecule has 19 heavy (non-hydrogen) atoms. The second kappa shape index (κ2) is 4.76. The zero-order valence-electron chi connectivity index (χ0n) is 10.9. The Hall–Kier alpha value is -2.30. The average molecular weight is 260 g/mol. The van der Waals surface area contributed by atoms with Gasteiger partial charge in [0.15, 0.2) is 0 Å². The summed E-state index contributed by atoms with van der Waals surface area (Å²) in [5.41, 5.74) is -0.830. The lowest BCUT2D eigenvalue weighted by Gasteiger charge is -2.25. The summed E-state index contributed by atoms with van der Waals surface area (Å²) >= 11 is 0. The number of hydrogen-bond acceptors (Lipinski definition) is 3. The Morgan fingerprint density at radius 3 is 2.74 bits per heavy atom. The van der Waals surface area contributed by atoms with Gasteiger partial charge in [-0.05, 0) is 31.4 Å². The third kappa shape index (κ3) is 3.13. The normalized spacial score (nSPS) is 11.5. The molecule has 0 amide bonds. The Morgan fingerprint density at radius 2 is 2.05 bits per heavy atom. The van der Waals surface area contributed by atoms with E-state index < -0.39 is 11.5 Å². The molecule has 100 valence electrons. The molecule has 0 spiro atoms. The van der Waals surface area contributed by atoms with Gasteiger partial charge in [-0.3, -0.25) is 9.59 Å². The van der Waals surface area contributed by atoms with Crippen LogP contribution in [0, 0.1) is 0 Å². The van der Waals surface area contributed by atoms with Crippen LogP contribution in [-0.4, -0.2) is 21.6 Å². The Kier molecular flexibility index (Phi) is 3.29. The predicted molar refractivity (Wildman–Crippen MR) is 74.5 cm³/mol. The van der Waals surface area contributed by atoms with E-state index in [9.17, 15) is 9.59 Å². The molecule has 5 heteroatoms. The van der Waals surface area contributed by atoms with Gasteiger partial charge in [0.05, 0.1) is 6.42 Å². The van der Waals surface area contributed by atoms with E-state index in [1.54, 1.807) is 32.0 Å². The van der Waals surface area contributed by atoms with E-state index >= 15 is 0 Å². The first kappa shape index (κ1) is 13.1. The smallest absolute Gasteiger partial charge is 0.305 e. The van der Waals surface area contributed by atoms with E-state index in [2.05, 4.69) is 10.3 Å². The summed E-state index contributed by atoms with van der Waals surface area (Å²) in [6.45, 7) is 3.54. The van der Waals surface area contributed by atoms with Crippen LogP contribution < -0.4 is 10.9 Å². The molecule has 0 atom stereocenters. The molecule has 1 aromatic carbocycles. The van der Waals surface area contributed by atoms with Crippen LogP contribution in [0.15, 0.2) is 35.1 Å². The van der Waals surface area contributed by atoms with Crippen molar-refractivity contribution in [3.63, 3.8) is 0 Å². The van der Waals surface area contributed by atoms with Crippen LogP contribution in [0.1, 0.15) is 20.3 Å². The van der Waals surface area contributed by atoms with Crippen LogP contribution >= 0.6 is 0 Å². The number of aliphatic carboxylic acids is 1. The Bertz CT molecular complexity index is 674. The van der Waals surface area contributed by atoms with Crippen molar-refractivity contribution in [2.75, 3.05) is 5.32 Å². The van der Waals surface area contributed by atoms with E-state index in [0.717, 1.165) is 5.39 Å². The first-order valence-corrected chi connectivity index (χ1v) is 5.99. The molecule has 0 aliphatic carbocycles. The summed E-state index contributed by atoms with van der Waals surface area (Å²) in [7, 11) is 0. The van der Waals surface area contributed by atoms with Crippen LogP contribution in [0.25, 0.3) is 10.8 Å². The number of aromatic amines is 1. The molecule has 1 heterocycles. The highest BCUT2D eigenvalue weighted by Crippen LogP contribution is 2.18. The number of rotatable bonds is 4. The van der Waals surface area contributed by atoms with Crippen LogP contribution in [0.3, 0.4) is 0 Å². The molecule has 0 unspecified atom stereocenters. The van der Waals surface area contributed by atoms with E-state index in [-0.39, 0.29) is 12.0 Å². The van der Waals surface area contributed by atoms with Crippen molar-refractivity contribution in [1.29, 1.82) is 0 Å². The second-order valence-electron chi connectivity index (χ2n) is 5.18. The molecule has 5 nitrogen and oxygen atoms in total. The quantitative estimate of drug-likeness (QED) is 0.787.